The van der Waals surface area contributed by atoms with E-state index < -0.39 is 22.5 Å². The fourth-order valence-electron chi connectivity index (χ4n) is 3.63. The number of carbonyl (C=O) groups is 2. The van der Waals surface area contributed by atoms with Crippen LogP contribution in [0.3, 0.4) is 0 Å². The molecule has 9 heteroatoms. The zero-order valence-electron chi connectivity index (χ0n) is 21.7. The molecule has 0 aliphatic rings. The van der Waals surface area contributed by atoms with Crippen molar-refractivity contribution in [1.29, 1.82) is 0 Å². The number of hydrogen-bond donors (Lipinski definition) is 2. The van der Waals surface area contributed by atoms with Gasteiger partial charge in [-0.1, -0.05) is 45.0 Å². The van der Waals surface area contributed by atoms with Crippen molar-refractivity contribution in [3.8, 4) is 5.75 Å². The number of carbonyl (C=O) groups excluding carboxylic acids is 2. The monoisotopic (exact) mass is 523 g/mol. The van der Waals surface area contributed by atoms with Crippen molar-refractivity contribution in [2.24, 2.45) is 0 Å². The Kier molecular flexibility index (Phi) is 8.60. The maximum absolute atomic E-state index is 12.8. The molecule has 0 aliphatic heterocycles. The molecule has 2 N–H and O–H groups in total. The minimum Gasteiger partial charge on any atom is -0.494 e. The van der Waals surface area contributed by atoms with Gasteiger partial charge in [-0.15, -0.1) is 0 Å². The molecule has 2 amide bonds. The lowest BCUT2D eigenvalue weighted by atomic mass is 9.87. The molecular weight excluding hydrogens is 490 g/mol. The van der Waals surface area contributed by atoms with Gasteiger partial charge in [-0.2, -0.15) is 0 Å². The third-order valence-corrected chi connectivity index (χ3v) is 6.66. The molecule has 0 bridgehead atoms. The van der Waals surface area contributed by atoms with Crippen LogP contribution in [0.2, 0.25) is 0 Å². The zero-order valence-corrected chi connectivity index (χ0v) is 22.6. The van der Waals surface area contributed by atoms with E-state index in [2.05, 4.69) is 31.4 Å². The number of hydrogen-bond acceptors (Lipinski definition) is 5. The summed E-state index contributed by atoms with van der Waals surface area (Å²) >= 11 is 0. The summed E-state index contributed by atoms with van der Waals surface area (Å²) in [6, 6.07) is 20.6. The van der Waals surface area contributed by atoms with Gasteiger partial charge in [0.15, 0.2) is 0 Å². The molecule has 0 unspecified atom stereocenters. The molecule has 3 aromatic rings. The van der Waals surface area contributed by atoms with Crippen LogP contribution < -0.4 is 19.7 Å². The highest BCUT2D eigenvalue weighted by Gasteiger charge is 2.22. The molecule has 0 atom stereocenters. The van der Waals surface area contributed by atoms with E-state index in [0.717, 1.165) is 16.1 Å². The van der Waals surface area contributed by atoms with E-state index >= 15 is 0 Å². The van der Waals surface area contributed by atoms with Crippen molar-refractivity contribution in [3.63, 3.8) is 0 Å². The van der Waals surface area contributed by atoms with Crippen molar-refractivity contribution < 1.29 is 22.7 Å². The molecule has 3 rings (SSSR count). The molecule has 0 heterocycles. The van der Waals surface area contributed by atoms with Crippen LogP contribution in [0.5, 0.6) is 5.75 Å². The highest BCUT2D eigenvalue weighted by atomic mass is 32.2. The third-order valence-electron chi connectivity index (χ3n) is 5.52. The van der Waals surface area contributed by atoms with Crippen LogP contribution in [0.4, 0.5) is 17.1 Å². The average molecular weight is 524 g/mol. The summed E-state index contributed by atoms with van der Waals surface area (Å²) in [7, 11) is -3.74. The van der Waals surface area contributed by atoms with Crippen LogP contribution in [0.25, 0.3) is 0 Å². The van der Waals surface area contributed by atoms with Gasteiger partial charge in [0, 0.05) is 23.0 Å². The second-order valence-corrected chi connectivity index (χ2v) is 11.5. The quantitative estimate of drug-likeness (QED) is 0.409. The average Bonchev–Trinajstić information content (AvgIpc) is 2.82. The number of sulfonamides is 1. The zero-order chi connectivity index (χ0) is 27.2. The molecule has 0 saturated heterocycles. The molecule has 0 radical (unpaired) electrons. The van der Waals surface area contributed by atoms with Crippen molar-refractivity contribution in [2.45, 2.75) is 33.1 Å². The van der Waals surface area contributed by atoms with E-state index in [-0.39, 0.29) is 11.3 Å². The fourth-order valence-corrected chi connectivity index (χ4v) is 4.47. The van der Waals surface area contributed by atoms with Crippen LogP contribution in [0.1, 0.15) is 43.6 Å². The van der Waals surface area contributed by atoms with Crippen LogP contribution in [-0.4, -0.2) is 39.6 Å². The summed E-state index contributed by atoms with van der Waals surface area (Å²) in [4.78, 5) is 25.5. The van der Waals surface area contributed by atoms with Gasteiger partial charge in [-0.25, -0.2) is 8.42 Å². The standard InChI is InChI=1S/C28H33N3O5S/c1-6-36-25-12-8-11-24(18-25)31(37(5,34)35)19-26(32)29-22-9-7-10-23(17-22)30-27(33)20-13-15-21(16-14-20)28(2,3)4/h7-18H,6,19H2,1-5H3,(H,29,32)(H,30,33). The number of nitrogens with zero attached hydrogens (tertiary/aromatic N) is 1. The lowest BCUT2D eigenvalue weighted by molar-refractivity contribution is -0.114. The molecule has 0 aliphatic carbocycles. The van der Waals surface area contributed by atoms with E-state index in [1.54, 1.807) is 60.7 Å². The summed E-state index contributed by atoms with van der Waals surface area (Å²) < 4.78 is 31.3. The summed E-state index contributed by atoms with van der Waals surface area (Å²) in [6.07, 6.45) is 1.04. The second kappa shape index (κ2) is 11.5. The summed E-state index contributed by atoms with van der Waals surface area (Å²) in [6.45, 7) is 8.15. The molecule has 3 aromatic carbocycles. The van der Waals surface area contributed by atoms with Gasteiger partial charge in [0.2, 0.25) is 15.9 Å². The van der Waals surface area contributed by atoms with Crippen LogP contribution in [-0.2, 0) is 20.2 Å². The van der Waals surface area contributed by atoms with E-state index in [4.69, 9.17) is 4.74 Å². The van der Waals surface area contributed by atoms with Gasteiger partial charge in [-0.3, -0.25) is 13.9 Å². The van der Waals surface area contributed by atoms with Crippen LogP contribution in [0.15, 0.2) is 72.8 Å². The first-order valence-electron chi connectivity index (χ1n) is 11.9. The lowest BCUT2D eigenvalue weighted by Crippen LogP contribution is -2.37. The van der Waals surface area contributed by atoms with Gasteiger partial charge < -0.3 is 15.4 Å². The molecule has 0 saturated carbocycles. The Hall–Kier alpha value is -3.85. The first-order valence-corrected chi connectivity index (χ1v) is 13.7. The van der Waals surface area contributed by atoms with Gasteiger partial charge in [0.25, 0.3) is 5.91 Å². The van der Waals surface area contributed by atoms with Crippen molar-refractivity contribution in [2.75, 3.05) is 34.3 Å². The molecule has 8 nitrogen and oxygen atoms in total. The first kappa shape index (κ1) is 27.7. The number of ether oxygens (including phenoxy) is 1. The Morgan fingerprint density at radius 2 is 1.51 bits per heavy atom. The number of benzene rings is 3. The van der Waals surface area contributed by atoms with E-state index in [9.17, 15) is 18.0 Å². The summed E-state index contributed by atoms with van der Waals surface area (Å²) in [5.74, 6) is -0.305. The topological polar surface area (TPSA) is 105 Å². The fraction of sp³-hybridized carbons (Fsp3) is 0.286. The molecule has 0 fully saturated rings. The van der Waals surface area contributed by atoms with E-state index in [1.165, 1.54) is 0 Å². The number of nitrogens with one attached hydrogen (secondary N) is 2. The Balaban J connectivity index is 1.70. The number of rotatable bonds is 9. The number of anilines is 3. The second-order valence-electron chi connectivity index (χ2n) is 9.61. The Labute approximate surface area is 218 Å². The minimum atomic E-state index is -3.74. The maximum atomic E-state index is 12.8. The maximum Gasteiger partial charge on any atom is 0.255 e. The Bertz CT molecular complexity index is 1360. The predicted molar refractivity (Wildman–Crippen MR) is 148 cm³/mol. The van der Waals surface area contributed by atoms with Crippen molar-refractivity contribution >= 4 is 38.9 Å². The largest absolute Gasteiger partial charge is 0.494 e. The van der Waals surface area contributed by atoms with Gasteiger partial charge in [-0.05, 0) is 60.4 Å². The van der Waals surface area contributed by atoms with Gasteiger partial charge >= 0.3 is 0 Å². The van der Waals surface area contributed by atoms with Crippen LogP contribution >= 0.6 is 0 Å². The number of amides is 2. The summed E-state index contributed by atoms with van der Waals surface area (Å²) in [5.41, 5.74) is 2.86. The highest BCUT2D eigenvalue weighted by Crippen LogP contribution is 2.25. The van der Waals surface area contributed by atoms with Gasteiger partial charge in [0.1, 0.15) is 12.3 Å². The lowest BCUT2D eigenvalue weighted by Gasteiger charge is -2.22. The van der Waals surface area contributed by atoms with E-state index in [0.29, 0.717) is 35.0 Å². The molecular formula is C28H33N3O5S. The Morgan fingerprint density at radius 1 is 0.892 bits per heavy atom. The van der Waals surface area contributed by atoms with Crippen molar-refractivity contribution in [3.05, 3.63) is 83.9 Å². The minimum absolute atomic E-state index is 0.0136. The van der Waals surface area contributed by atoms with Gasteiger partial charge in [0.05, 0.1) is 18.6 Å². The Morgan fingerprint density at radius 3 is 2.11 bits per heavy atom. The molecule has 37 heavy (non-hydrogen) atoms. The smallest absolute Gasteiger partial charge is 0.255 e. The van der Waals surface area contributed by atoms with E-state index in [1.807, 2.05) is 19.1 Å². The SMILES string of the molecule is CCOc1cccc(N(CC(=O)Nc2cccc(NC(=O)c3ccc(C(C)(C)C)cc3)c2)S(C)(=O)=O)c1. The van der Waals surface area contributed by atoms with Crippen molar-refractivity contribution in [1.82, 2.24) is 0 Å². The molecule has 196 valence electrons. The summed E-state index contributed by atoms with van der Waals surface area (Å²) in [5, 5.41) is 5.53. The first-order chi connectivity index (χ1) is 17.4. The van der Waals surface area contributed by atoms with Crippen LogP contribution in [0, 0.1) is 0 Å². The molecule has 0 spiro atoms. The highest BCUT2D eigenvalue weighted by molar-refractivity contribution is 7.92. The normalized spacial score (nSPS) is 11.5. The third kappa shape index (κ3) is 7.82. The molecule has 0 aromatic heterocycles. The predicted octanol–water partition coefficient (Wildman–Crippen LogP) is 5.04.